The van der Waals surface area contributed by atoms with Gasteiger partial charge in [0.25, 0.3) is 10.1 Å². The standard InChI is InChI=1S/2C13H22P.C12H10N.CH4O3S.Fe.Pd/c2*1-12(2,3)14(13(4,5)6)11-9-7-8-10-11;13-12-9-5-4-8-11(12)10-6-2-1-3-7-10;1-5(2,3)4;;/h2*7-10H,1-6H3;1-6,8-9H,13H2;1H3,(H,2,3,4);;/q;;-1;;;. The van der Waals surface area contributed by atoms with Crippen LogP contribution in [-0.4, -0.2) is 39.9 Å². The van der Waals surface area contributed by atoms with Crippen molar-refractivity contribution in [3.63, 3.8) is 0 Å². The van der Waals surface area contributed by atoms with Crippen LogP contribution in [0.3, 0.4) is 0 Å². The Morgan fingerprint density at radius 3 is 1.21 bits per heavy atom. The van der Waals surface area contributed by atoms with E-state index in [0.29, 0.717) is 26.9 Å². The largest absolute Gasteiger partial charge is 0.406 e. The van der Waals surface area contributed by atoms with Gasteiger partial charge in [-0.3, -0.25) is 4.55 Å². The summed E-state index contributed by atoms with van der Waals surface area (Å²) in [6.07, 6.45) is 18.5. The van der Waals surface area contributed by atoms with Gasteiger partial charge in [0.05, 0.1) is 6.26 Å². The zero-order chi connectivity index (χ0) is 35.6. The predicted octanol–water partition coefficient (Wildman–Crippen LogP) is 11.1. The van der Waals surface area contributed by atoms with Crippen LogP contribution in [0.25, 0.3) is 11.1 Å². The van der Waals surface area contributed by atoms with E-state index in [1.807, 2.05) is 48.5 Å². The molecule has 0 heterocycles. The molecule has 0 unspecified atom stereocenters. The van der Waals surface area contributed by atoms with Gasteiger partial charge < -0.3 is 5.73 Å². The van der Waals surface area contributed by atoms with E-state index in [0.717, 1.165) is 16.8 Å². The van der Waals surface area contributed by atoms with Gasteiger partial charge in [0.1, 0.15) is 0 Å². The van der Waals surface area contributed by atoms with E-state index < -0.39 is 10.1 Å². The van der Waals surface area contributed by atoms with Gasteiger partial charge in [-0.25, -0.2) is 0 Å². The van der Waals surface area contributed by atoms with Crippen molar-refractivity contribution in [3.05, 3.63) is 117 Å². The molecule has 10 radical (unpaired) electrons. The van der Waals surface area contributed by atoms with Crippen LogP contribution < -0.4 is 5.73 Å². The van der Waals surface area contributed by atoms with Crippen LogP contribution in [0.1, 0.15) is 83.1 Å². The Hall–Kier alpha value is 0.192. The average molecular weight is 845 g/mol. The van der Waals surface area contributed by atoms with Crippen molar-refractivity contribution < 1.29 is 50.5 Å². The average Bonchev–Trinajstić information content (AvgIpc) is 3.56. The molecule has 272 valence electrons. The van der Waals surface area contributed by atoms with Crippen molar-refractivity contribution in [1.29, 1.82) is 0 Å². The number of benzene rings is 2. The Morgan fingerprint density at radius 2 is 0.938 bits per heavy atom. The number of nitrogens with two attached hydrogens (primary N) is 1. The number of nitrogen functional groups attached to an aromatic ring is 1. The first-order valence-corrected chi connectivity index (χ1v) is 20.1. The fourth-order valence-electron chi connectivity index (χ4n) is 5.89. The van der Waals surface area contributed by atoms with E-state index in [1.54, 1.807) is 11.3 Å². The van der Waals surface area contributed by atoms with E-state index in [9.17, 15) is 8.42 Å². The molecule has 2 saturated carbocycles. The van der Waals surface area contributed by atoms with Crippen molar-refractivity contribution in [1.82, 2.24) is 0 Å². The van der Waals surface area contributed by atoms with Crippen molar-refractivity contribution in [3.8, 4) is 11.1 Å². The molecule has 4 nitrogen and oxygen atoms in total. The third kappa shape index (κ3) is 19.7. The van der Waals surface area contributed by atoms with E-state index in [2.05, 4.69) is 141 Å². The Labute approximate surface area is 324 Å². The summed E-state index contributed by atoms with van der Waals surface area (Å²) >= 11 is 0. The molecule has 2 aliphatic carbocycles. The maximum atomic E-state index is 9.19. The molecular weight excluding hydrogens is 787 g/mol. The second kappa shape index (κ2) is 21.7. The first-order valence-electron chi connectivity index (χ1n) is 15.6. The fraction of sp³-hybridized carbons (Fsp3) is 0.436. The van der Waals surface area contributed by atoms with Crippen LogP contribution >= 0.6 is 15.8 Å². The van der Waals surface area contributed by atoms with Crippen LogP contribution in [0.15, 0.2) is 48.5 Å². The number of para-hydroxylation sites is 1. The van der Waals surface area contributed by atoms with Crippen LogP contribution in [0.2, 0.25) is 0 Å². The Bertz CT molecular complexity index is 1180. The first kappa shape index (κ1) is 50.3. The summed E-state index contributed by atoms with van der Waals surface area (Å²) in [6.45, 7) is 28.3. The zero-order valence-electron chi connectivity index (χ0n) is 31.1. The molecule has 0 aliphatic heterocycles. The molecule has 2 aromatic rings. The van der Waals surface area contributed by atoms with Gasteiger partial charge in [-0.05, 0) is 83.7 Å². The van der Waals surface area contributed by atoms with Crippen molar-refractivity contribution in [2.75, 3.05) is 12.0 Å². The van der Waals surface area contributed by atoms with Gasteiger partial charge in [-0.15, -0.1) is 35.9 Å². The third-order valence-corrected chi connectivity index (χ3v) is 13.4. The van der Waals surface area contributed by atoms with Crippen LogP contribution in [0.4, 0.5) is 5.69 Å². The monoisotopic (exact) mass is 844 g/mol. The number of rotatable bonds is 3. The Balaban J connectivity index is 0. The second-order valence-electron chi connectivity index (χ2n) is 15.2. The van der Waals surface area contributed by atoms with Crippen LogP contribution in [0, 0.1) is 68.8 Å². The normalized spacial score (nSPS) is 16.0. The quantitative estimate of drug-likeness (QED) is 0.106. The van der Waals surface area contributed by atoms with Gasteiger partial charge >= 0.3 is 0 Å². The van der Waals surface area contributed by atoms with E-state index in [4.69, 9.17) is 10.3 Å². The molecule has 2 aromatic carbocycles. The summed E-state index contributed by atoms with van der Waals surface area (Å²) in [6, 6.07) is 18.8. The van der Waals surface area contributed by atoms with Gasteiger partial charge in [0, 0.05) is 48.8 Å². The summed E-state index contributed by atoms with van der Waals surface area (Å²) < 4.78 is 25.9. The van der Waals surface area contributed by atoms with Gasteiger partial charge in [0.15, 0.2) is 0 Å². The first-order chi connectivity index (χ1) is 20.8. The minimum atomic E-state index is -3.67. The molecule has 2 aliphatic rings. The van der Waals surface area contributed by atoms with Crippen molar-refractivity contribution in [2.45, 2.75) is 104 Å². The molecule has 0 spiro atoms. The molecule has 0 amide bonds. The van der Waals surface area contributed by atoms with Crippen LogP contribution in [-0.2, 0) is 47.6 Å². The third-order valence-electron chi connectivity index (χ3n) is 6.45. The fourth-order valence-corrected chi connectivity index (χ4v) is 14.0. The molecule has 9 heteroatoms. The molecule has 0 atom stereocenters. The summed E-state index contributed by atoms with van der Waals surface area (Å²) in [5, 5.41) is 1.56. The Morgan fingerprint density at radius 1 is 0.625 bits per heavy atom. The number of hydrogen-bond acceptors (Lipinski definition) is 3. The molecule has 3 N–H and O–H groups in total. The van der Waals surface area contributed by atoms with Crippen molar-refractivity contribution >= 4 is 31.6 Å². The van der Waals surface area contributed by atoms with Crippen molar-refractivity contribution in [2.24, 2.45) is 0 Å². The van der Waals surface area contributed by atoms with E-state index >= 15 is 0 Å². The minimum absolute atomic E-state index is 0. The molecular formula is C39H58FeNO3P2PdS-. The predicted molar refractivity (Wildman–Crippen MR) is 206 cm³/mol. The van der Waals surface area contributed by atoms with Gasteiger partial charge in [-0.1, -0.05) is 123 Å². The molecule has 0 aromatic heterocycles. The summed E-state index contributed by atoms with van der Waals surface area (Å²) in [7, 11) is -3.87. The Kier molecular flexibility index (Phi) is 22.7. The molecule has 4 rings (SSSR count). The molecule has 0 saturated heterocycles. The zero-order valence-corrected chi connectivity index (χ0v) is 36.3. The molecule has 2 fully saturated rings. The van der Waals surface area contributed by atoms with Gasteiger partial charge in [-0.2, -0.15) is 8.42 Å². The second-order valence-corrected chi connectivity index (χ2v) is 24.4. The number of anilines is 1. The summed E-state index contributed by atoms with van der Waals surface area (Å²) in [5.74, 6) is 0. The summed E-state index contributed by atoms with van der Waals surface area (Å²) in [5.41, 5.74) is 11.8. The van der Waals surface area contributed by atoms with E-state index in [-0.39, 0.29) is 53.3 Å². The molecule has 0 bridgehead atoms. The van der Waals surface area contributed by atoms with Gasteiger partial charge in [0.2, 0.25) is 0 Å². The van der Waals surface area contributed by atoms with Crippen LogP contribution in [0.5, 0.6) is 0 Å². The SMILES string of the molecule is CC(C)(C)P([C]1[CH][CH][CH][CH]1)C(C)(C)C.CC(C)(C)P([C]1[CH][CH][CH][CH]1)C(C)(C)C.CS(=O)(=O)O.Nc1ccccc1-c1[c-]cccc1.[Fe].[Pd]. The number of hydrogen-bond donors (Lipinski definition) is 2. The van der Waals surface area contributed by atoms with E-state index in [1.165, 1.54) is 0 Å². The smallest absolute Gasteiger partial charge is 0.261 e. The maximum Gasteiger partial charge on any atom is 0.261 e. The summed E-state index contributed by atoms with van der Waals surface area (Å²) in [4.78, 5) is 0. The molecule has 48 heavy (non-hydrogen) atoms. The topological polar surface area (TPSA) is 80.4 Å². The maximum absolute atomic E-state index is 9.19. The minimum Gasteiger partial charge on any atom is -0.406 e.